The molecule has 0 atom stereocenters. The molecule has 0 fully saturated rings. The zero-order chi connectivity index (χ0) is 12.5. The van der Waals surface area contributed by atoms with Crippen LogP contribution in [0, 0.1) is 0 Å². The molecule has 0 saturated carbocycles. The van der Waals surface area contributed by atoms with Gasteiger partial charge in [-0.05, 0) is 24.3 Å². The zero-order valence-corrected chi connectivity index (χ0v) is 9.96. The number of ether oxygens (including phenoxy) is 1. The molecule has 92 valence electrons. The topological polar surface area (TPSA) is 66.2 Å². The summed E-state index contributed by atoms with van der Waals surface area (Å²) in [6, 6.07) is 9.51. The number of rotatable bonds is 3. The lowest BCUT2D eigenvalue weighted by atomic mass is 10.3. The van der Waals surface area contributed by atoms with Gasteiger partial charge in [0.15, 0.2) is 0 Å². The van der Waals surface area contributed by atoms with E-state index in [-0.39, 0.29) is 0 Å². The van der Waals surface area contributed by atoms with E-state index in [2.05, 4.69) is 4.98 Å². The predicted molar refractivity (Wildman–Crippen MR) is 68.5 cm³/mol. The van der Waals surface area contributed by atoms with Gasteiger partial charge in [-0.2, -0.15) is 0 Å². The SMILES string of the molecule is COc1cccc2c1nc(N)n2Cc1ccco1. The Labute approximate surface area is 104 Å². The number of furan rings is 1. The van der Waals surface area contributed by atoms with Crippen LogP contribution in [0.3, 0.4) is 0 Å². The van der Waals surface area contributed by atoms with Crippen molar-refractivity contribution in [3.63, 3.8) is 0 Å². The minimum absolute atomic E-state index is 0.450. The average molecular weight is 243 g/mol. The second-order valence-corrected chi connectivity index (χ2v) is 3.96. The van der Waals surface area contributed by atoms with E-state index in [0.29, 0.717) is 12.5 Å². The summed E-state index contributed by atoms with van der Waals surface area (Å²) < 4.78 is 12.5. The van der Waals surface area contributed by atoms with Gasteiger partial charge in [-0.15, -0.1) is 0 Å². The minimum Gasteiger partial charge on any atom is -0.494 e. The van der Waals surface area contributed by atoms with Crippen LogP contribution >= 0.6 is 0 Å². The second-order valence-electron chi connectivity index (χ2n) is 3.96. The van der Waals surface area contributed by atoms with Crippen LogP contribution in [0.25, 0.3) is 11.0 Å². The third-order valence-electron chi connectivity index (χ3n) is 2.89. The summed E-state index contributed by atoms with van der Waals surface area (Å²) >= 11 is 0. The predicted octanol–water partition coefficient (Wildman–Crippen LogP) is 2.27. The van der Waals surface area contributed by atoms with Crippen LogP contribution < -0.4 is 10.5 Å². The van der Waals surface area contributed by atoms with Crippen molar-refractivity contribution in [1.82, 2.24) is 9.55 Å². The number of aromatic nitrogens is 2. The number of nitrogens with two attached hydrogens (primary N) is 1. The van der Waals surface area contributed by atoms with Gasteiger partial charge >= 0.3 is 0 Å². The molecule has 5 nitrogen and oxygen atoms in total. The number of fused-ring (bicyclic) bond motifs is 1. The molecule has 1 aromatic carbocycles. The van der Waals surface area contributed by atoms with Crippen molar-refractivity contribution in [2.24, 2.45) is 0 Å². The molecule has 0 aliphatic heterocycles. The van der Waals surface area contributed by atoms with Crippen LogP contribution in [0.15, 0.2) is 41.0 Å². The van der Waals surface area contributed by atoms with Gasteiger partial charge in [-0.3, -0.25) is 0 Å². The Hall–Kier alpha value is -2.43. The molecule has 3 rings (SSSR count). The number of hydrogen-bond donors (Lipinski definition) is 1. The molecule has 0 radical (unpaired) electrons. The van der Waals surface area contributed by atoms with Gasteiger partial charge in [0.05, 0.1) is 25.4 Å². The van der Waals surface area contributed by atoms with E-state index in [9.17, 15) is 0 Å². The van der Waals surface area contributed by atoms with E-state index < -0.39 is 0 Å². The molecule has 0 spiro atoms. The summed E-state index contributed by atoms with van der Waals surface area (Å²) in [7, 11) is 1.62. The quantitative estimate of drug-likeness (QED) is 0.766. The summed E-state index contributed by atoms with van der Waals surface area (Å²) in [5, 5.41) is 0. The first-order valence-electron chi connectivity index (χ1n) is 5.60. The summed E-state index contributed by atoms with van der Waals surface area (Å²) in [5.74, 6) is 2.01. The van der Waals surface area contributed by atoms with E-state index >= 15 is 0 Å². The van der Waals surface area contributed by atoms with Crippen molar-refractivity contribution in [1.29, 1.82) is 0 Å². The highest BCUT2D eigenvalue weighted by Crippen LogP contribution is 2.27. The Morgan fingerprint density at radius 1 is 1.33 bits per heavy atom. The zero-order valence-electron chi connectivity index (χ0n) is 9.96. The molecule has 0 bridgehead atoms. The Bertz CT molecular complexity index is 671. The number of methoxy groups -OCH3 is 1. The van der Waals surface area contributed by atoms with Crippen LogP contribution in [0.5, 0.6) is 5.75 Å². The summed E-state index contributed by atoms with van der Waals surface area (Å²) in [6.45, 7) is 0.558. The second kappa shape index (κ2) is 4.10. The van der Waals surface area contributed by atoms with Gasteiger partial charge in [0, 0.05) is 0 Å². The van der Waals surface area contributed by atoms with Gasteiger partial charge in [0.25, 0.3) is 0 Å². The monoisotopic (exact) mass is 243 g/mol. The van der Waals surface area contributed by atoms with E-state index in [1.807, 2.05) is 34.9 Å². The number of nitrogen functional groups attached to an aromatic ring is 1. The van der Waals surface area contributed by atoms with Gasteiger partial charge < -0.3 is 19.5 Å². The van der Waals surface area contributed by atoms with E-state index in [4.69, 9.17) is 14.9 Å². The minimum atomic E-state index is 0.450. The first-order chi connectivity index (χ1) is 8.79. The highest BCUT2D eigenvalue weighted by Gasteiger charge is 2.12. The third kappa shape index (κ3) is 1.60. The molecule has 0 aliphatic carbocycles. The summed E-state index contributed by atoms with van der Waals surface area (Å²) in [6.07, 6.45) is 1.64. The van der Waals surface area contributed by atoms with Crippen LogP contribution in [-0.4, -0.2) is 16.7 Å². The van der Waals surface area contributed by atoms with Crippen molar-refractivity contribution < 1.29 is 9.15 Å². The number of anilines is 1. The first kappa shape index (κ1) is 10.7. The van der Waals surface area contributed by atoms with E-state index in [0.717, 1.165) is 22.5 Å². The van der Waals surface area contributed by atoms with Gasteiger partial charge in [-0.1, -0.05) is 6.07 Å². The molecule has 0 unspecified atom stereocenters. The van der Waals surface area contributed by atoms with Crippen molar-refractivity contribution in [3.05, 3.63) is 42.4 Å². The number of para-hydroxylation sites is 1. The fourth-order valence-electron chi connectivity index (χ4n) is 2.03. The number of benzene rings is 1. The van der Waals surface area contributed by atoms with Crippen LogP contribution in [-0.2, 0) is 6.54 Å². The molecule has 0 aliphatic rings. The smallest absolute Gasteiger partial charge is 0.201 e. The fourth-order valence-corrected chi connectivity index (χ4v) is 2.03. The number of nitrogens with zero attached hydrogens (tertiary/aromatic N) is 2. The number of imidazole rings is 1. The van der Waals surface area contributed by atoms with Gasteiger partial charge in [0.1, 0.15) is 17.0 Å². The van der Waals surface area contributed by atoms with Crippen molar-refractivity contribution in [2.75, 3.05) is 12.8 Å². The maximum absolute atomic E-state index is 5.95. The number of hydrogen-bond acceptors (Lipinski definition) is 4. The maximum Gasteiger partial charge on any atom is 0.201 e. The Kier molecular flexibility index (Phi) is 2.44. The largest absolute Gasteiger partial charge is 0.494 e. The van der Waals surface area contributed by atoms with Crippen LogP contribution in [0.1, 0.15) is 5.76 Å². The van der Waals surface area contributed by atoms with Crippen molar-refractivity contribution >= 4 is 17.0 Å². The molecule has 18 heavy (non-hydrogen) atoms. The lowest BCUT2D eigenvalue weighted by Crippen LogP contribution is -2.03. The average Bonchev–Trinajstić information content (AvgIpc) is 2.99. The van der Waals surface area contributed by atoms with Crippen molar-refractivity contribution in [3.8, 4) is 5.75 Å². The summed E-state index contributed by atoms with van der Waals surface area (Å²) in [5.41, 5.74) is 7.65. The van der Waals surface area contributed by atoms with E-state index in [1.165, 1.54) is 0 Å². The lowest BCUT2D eigenvalue weighted by molar-refractivity contribution is 0.419. The van der Waals surface area contributed by atoms with Gasteiger partial charge in [0.2, 0.25) is 5.95 Å². The van der Waals surface area contributed by atoms with Gasteiger partial charge in [-0.25, -0.2) is 4.98 Å². The summed E-state index contributed by atoms with van der Waals surface area (Å²) in [4.78, 5) is 4.34. The normalized spacial score (nSPS) is 10.9. The Morgan fingerprint density at radius 3 is 2.94 bits per heavy atom. The Morgan fingerprint density at radius 2 is 2.22 bits per heavy atom. The molecular weight excluding hydrogens is 230 g/mol. The maximum atomic E-state index is 5.95. The third-order valence-corrected chi connectivity index (χ3v) is 2.89. The molecular formula is C13H13N3O2. The molecule has 2 N–H and O–H groups in total. The molecule has 3 aromatic rings. The van der Waals surface area contributed by atoms with Crippen LogP contribution in [0.4, 0.5) is 5.95 Å². The van der Waals surface area contributed by atoms with Crippen LogP contribution in [0.2, 0.25) is 0 Å². The first-order valence-corrected chi connectivity index (χ1v) is 5.60. The molecule has 5 heteroatoms. The lowest BCUT2D eigenvalue weighted by Gasteiger charge is -2.04. The standard InChI is InChI=1S/C13H13N3O2/c1-17-11-6-2-5-10-12(11)15-13(14)16(10)8-9-4-3-7-18-9/h2-7H,8H2,1H3,(H2,14,15). The molecule has 2 aromatic heterocycles. The molecule has 2 heterocycles. The van der Waals surface area contributed by atoms with Crippen molar-refractivity contribution in [2.45, 2.75) is 6.54 Å². The molecule has 0 saturated heterocycles. The fraction of sp³-hybridized carbons (Fsp3) is 0.154. The highest BCUT2D eigenvalue weighted by molar-refractivity contribution is 5.84. The van der Waals surface area contributed by atoms with E-state index in [1.54, 1.807) is 13.4 Å². The Balaban J connectivity index is 2.14. The molecule has 0 amide bonds. The highest BCUT2D eigenvalue weighted by atomic mass is 16.5.